The van der Waals surface area contributed by atoms with E-state index in [4.69, 9.17) is 0 Å². The van der Waals surface area contributed by atoms with Gasteiger partial charge in [-0.15, -0.1) is 0 Å². The van der Waals surface area contributed by atoms with Crippen molar-refractivity contribution in [3.05, 3.63) is 125 Å². The Kier molecular flexibility index (Phi) is 5.35. The number of rotatable bonds is 4. The maximum absolute atomic E-state index is 13.9. The van der Waals surface area contributed by atoms with Crippen molar-refractivity contribution in [3.8, 4) is 16.9 Å². The van der Waals surface area contributed by atoms with Gasteiger partial charge in [-0.05, 0) is 35.4 Å². The lowest BCUT2D eigenvalue weighted by Crippen LogP contribution is -2.08. The van der Waals surface area contributed by atoms with Crippen LogP contribution in [-0.4, -0.2) is 24.2 Å². The first-order valence-corrected chi connectivity index (χ1v) is 12.9. The van der Waals surface area contributed by atoms with Gasteiger partial charge in [0.2, 0.25) is 0 Å². The first kappa shape index (κ1) is 23.0. The third-order valence-corrected chi connectivity index (χ3v) is 7.73. The summed E-state index contributed by atoms with van der Waals surface area (Å²) in [5.41, 5.74) is 2.38. The van der Waals surface area contributed by atoms with Crippen molar-refractivity contribution in [2.75, 3.05) is 0 Å². The summed E-state index contributed by atoms with van der Waals surface area (Å²) >= 11 is 0. The van der Waals surface area contributed by atoms with Gasteiger partial charge in [0.15, 0.2) is 5.75 Å². The summed E-state index contributed by atoms with van der Waals surface area (Å²) in [6.45, 7) is 0. The predicted octanol–water partition coefficient (Wildman–Crippen LogP) is 6.02. The number of fused-ring (bicyclic) bond motifs is 2. The Morgan fingerprint density at radius 1 is 0.757 bits per heavy atom. The summed E-state index contributed by atoms with van der Waals surface area (Å²) < 4.78 is 58.0. The number of pyridine rings is 1. The minimum atomic E-state index is -4.17. The van der Waals surface area contributed by atoms with Gasteiger partial charge in [0.25, 0.3) is 10.0 Å². The average molecular weight is 513 g/mol. The molecule has 5 nitrogen and oxygen atoms in total. The molecule has 1 aromatic heterocycles. The number of aromatic hydroxyl groups is 1. The molecule has 0 aliphatic carbocycles. The van der Waals surface area contributed by atoms with Crippen molar-refractivity contribution in [3.63, 3.8) is 0 Å². The maximum atomic E-state index is 13.9. The number of hydrogen-bond donors (Lipinski definition) is 1. The second-order valence-electron chi connectivity index (χ2n) is 8.71. The zero-order chi connectivity index (χ0) is 25.7. The van der Waals surface area contributed by atoms with E-state index in [1.54, 1.807) is 48.5 Å². The summed E-state index contributed by atoms with van der Waals surface area (Å²) in [5.74, 6) is -1.05. The number of halogens is 2. The molecule has 37 heavy (non-hydrogen) atoms. The molecule has 8 heteroatoms. The molecule has 0 saturated carbocycles. The van der Waals surface area contributed by atoms with E-state index in [0.29, 0.717) is 34.0 Å². The van der Waals surface area contributed by atoms with Gasteiger partial charge in [-0.25, -0.2) is 13.8 Å². The van der Waals surface area contributed by atoms with Crippen LogP contribution >= 0.6 is 0 Å². The van der Waals surface area contributed by atoms with Crippen molar-refractivity contribution in [1.29, 1.82) is 0 Å². The monoisotopic (exact) mass is 512 g/mol. The molecule has 1 aliphatic rings. The van der Waals surface area contributed by atoms with Gasteiger partial charge in [-0.1, -0.05) is 66.7 Å². The van der Waals surface area contributed by atoms with Gasteiger partial charge in [-0.2, -0.15) is 12.8 Å². The fourth-order valence-corrected chi connectivity index (χ4v) is 6.11. The van der Waals surface area contributed by atoms with Crippen LogP contribution in [0.2, 0.25) is 0 Å². The quantitative estimate of drug-likeness (QED) is 0.320. The predicted molar refractivity (Wildman–Crippen MR) is 137 cm³/mol. The third kappa shape index (κ3) is 3.95. The van der Waals surface area contributed by atoms with Crippen LogP contribution in [0.3, 0.4) is 0 Å². The lowest BCUT2D eigenvalue weighted by Gasteiger charge is -2.13. The molecule has 0 amide bonds. The van der Waals surface area contributed by atoms with E-state index >= 15 is 0 Å². The lowest BCUT2D eigenvalue weighted by molar-refractivity contribution is 0.477. The van der Waals surface area contributed by atoms with Crippen molar-refractivity contribution in [2.45, 2.75) is 11.3 Å². The Morgan fingerprint density at radius 2 is 1.46 bits per heavy atom. The summed E-state index contributed by atoms with van der Waals surface area (Å²) in [4.78, 5) is 4.62. The van der Waals surface area contributed by atoms with Crippen LogP contribution in [0, 0.1) is 11.6 Å². The number of sulfonamides is 1. The summed E-state index contributed by atoms with van der Waals surface area (Å²) in [5, 5.41) is 12.4. The van der Waals surface area contributed by atoms with Gasteiger partial charge in [-0.3, -0.25) is 0 Å². The second-order valence-corrected chi connectivity index (χ2v) is 10.3. The minimum Gasteiger partial charge on any atom is -0.505 e. The molecule has 5 aromatic rings. The SMILES string of the molecule is O=S1(=O)N=C(c2nc(Cc3ccc(F)cc3)c3ccccc3c2O)c2cccc(-c3cccc(F)c3)c21. The van der Waals surface area contributed by atoms with E-state index in [1.165, 1.54) is 30.3 Å². The molecule has 0 atom stereocenters. The first-order chi connectivity index (χ1) is 17.8. The number of aromatic nitrogens is 1. The molecule has 6 rings (SSSR count). The largest absolute Gasteiger partial charge is 0.505 e. The van der Waals surface area contributed by atoms with Crippen molar-refractivity contribution < 1.29 is 22.3 Å². The molecule has 0 radical (unpaired) electrons. The van der Waals surface area contributed by atoms with E-state index in [2.05, 4.69) is 9.38 Å². The standard InChI is InChI=1S/C29H18F2N2O3S/c30-19-13-11-17(12-14-19)15-25-22-7-1-2-8-23(22)28(34)27(32-25)26-24-10-4-9-21(29(24)37(35,36)33-26)18-5-3-6-20(31)16-18/h1-14,16,34H,15H2. The fraction of sp³-hybridized carbons (Fsp3) is 0.0345. The summed E-state index contributed by atoms with van der Waals surface area (Å²) in [6.07, 6.45) is 0.324. The summed E-state index contributed by atoms with van der Waals surface area (Å²) in [6, 6.07) is 23.6. The zero-order valence-electron chi connectivity index (χ0n) is 19.2. The highest BCUT2D eigenvalue weighted by Gasteiger charge is 2.35. The Bertz CT molecular complexity index is 1850. The van der Waals surface area contributed by atoms with Gasteiger partial charge >= 0.3 is 0 Å². The normalized spacial score (nSPS) is 13.9. The maximum Gasteiger partial charge on any atom is 0.284 e. The molecule has 0 spiro atoms. The smallest absolute Gasteiger partial charge is 0.284 e. The van der Waals surface area contributed by atoms with E-state index in [-0.39, 0.29) is 33.4 Å². The number of nitrogens with zero attached hydrogens (tertiary/aromatic N) is 2. The van der Waals surface area contributed by atoms with Crippen LogP contribution in [0.1, 0.15) is 22.5 Å². The number of hydrogen-bond acceptors (Lipinski definition) is 4. The Labute approximate surface area is 211 Å². The molecular formula is C29H18F2N2O3S. The van der Waals surface area contributed by atoms with Crippen molar-refractivity contribution in [1.82, 2.24) is 4.98 Å². The van der Waals surface area contributed by atoms with Crippen LogP contribution in [-0.2, 0) is 16.4 Å². The van der Waals surface area contributed by atoms with Crippen molar-refractivity contribution in [2.24, 2.45) is 4.40 Å². The molecule has 4 aromatic carbocycles. The van der Waals surface area contributed by atoms with E-state index in [9.17, 15) is 22.3 Å². The second kappa shape index (κ2) is 8.60. The third-order valence-electron chi connectivity index (χ3n) is 6.35. The molecule has 2 heterocycles. The van der Waals surface area contributed by atoms with Crippen molar-refractivity contribution >= 4 is 26.5 Å². The van der Waals surface area contributed by atoms with Gasteiger partial charge < -0.3 is 5.11 Å². The number of benzene rings is 4. The van der Waals surface area contributed by atoms with Gasteiger partial charge in [0.05, 0.1) is 5.69 Å². The fourth-order valence-electron chi connectivity index (χ4n) is 4.68. The topological polar surface area (TPSA) is 79.6 Å². The molecule has 1 aliphatic heterocycles. The highest BCUT2D eigenvalue weighted by molar-refractivity contribution is 7.91. The van der Waals surface area contributed by atoms with E-state index in [1.807, 2.05) is 12.1 Å². The molecule has 182 valence electrons. The highest BCUT2D eigenvalue weighted by Crippen LogP contribution is 2.40. The van der Waals surface area contributed by atoms with E-state index in [0.717, 1.165) is 5.56 Å². The minimum absolute atomic E-state index is 0.0110. The molecule has 0 fully saturated rings. The Morgan fingerprint density at radius 3 is 2.22 bits per heavy atom. The Balaban J connectivity index is 1.56. The molecular weight excluding hydrogens is 494 g/mol. The molecule has 1 N–H and O–H groups in total. The average Bonchev–Trinajstić information content (AvgIpc) is 3.17. The molecule has 0 bridgehead atoms. The molecule has 0 unspecified atom stereocenters. The van der Waals surface area contributed by atoms with Crippen LogP contribution in [0.5, 0.6) is 5.75 Å². The van der Waals surface area contributed by atoms with Crippen LogP contribution in [0.4, 0.5) is 8.78 Å². The zero-order valence-corrected chi connectivity index (χ0v) is 20.0. The Hall–Kier alpha value is -4.43. The van der Waals surface area contributed by atoms with Gasteiger partial charge in [0.1, 0.15) is 27.9 Å². The molecule has 0 saturated heterocycles. The van der Waals surface area contributed by atoms with Crippen LogP contribution in [0.15, 0.2) is 100 Å². The summed E-state index contributed by atoms with van der Waals surface area (Å²) in [7, 11) is -4.17. The van der Waals surface area contributed by atoms with E-state index < -0.39 is 15.8 Å². The highest BCUT2D eigenvalue weighted by atomic mass is 32.2. The lowest BCUT2D eigenvalue weighted by atomic mass is 9.96. The first-order valence-electron chi connectivity index (χ1n) is 11.4. The van der Waals surface area contributed by atoms with Crippen LogP contribution < -0.4 is 0 Å². The van der Waals surface area contributed by atoms with Crippen LogP contribution in [0.25, 0.3) is 21.9 Å². The van der Waals surface area contributed by atoms with Gasteiger partial charge in [0, 0.05) is 28.3 Å².